The molecule has 0 fully saturated rings. The average Bonchev–Trinajstić information content (AvgIpc) is 3.33. The summed E-state index contributed by atoms with van der Waals surface area (Å²) < 4.78 is 39.5. The van der Waals surface area contributed by atoms with E-state index in [1.165, 1.54) is 24.3 Å². The third-order valence-corrected chi connectivity index (χ3v) is 5.21. The summed E-state index contributed by atoms with van der Waals surface area (Å²) in [4.78, 5) is 0. The van der Waals surface area contributed by atoms with Gasteiger partial charge in [0.05, 0.1) is 10.4 Å². The molecule has 0 aliphatic heterocycles. The Morgan fingerprint density at radius 1 is 0.625 bits per heavy atom. The highest BCUT2D eigenvalue weighted by molar-refractivity contribution is 6.18. The molecule has 32 heavy (non-hydrogen) atoms. The monoisotopic (exact) mass is 420 g/mol. The largest absolute Gasteiger partial charge is 0.455 e. The number of hydrogen-bond donors (Lipinski definition) is 0. The maximum atomic E-state index is 13.9. The summed E-state index contributed by atoms with van der Waals surface area (Å²) in [6.07, 6.45) is 0. The Morgan fingerprint density at radius 3 is 1.34 bits per heavy atom. The fourth-order valence-electron chi connectivity index (χ4n) is 3.97. The topological polar surface area (TPSA) is 121 Å². The number of fused-ring (bicyclic) bond motifs is 6. The summed E-state index contributed by atoms with van der Waals surface area (Å²) in [5, 5.41) is 39.8. The van der Waals surface area contributed by atoms with E-state index in [1.54, 1.807) is 0 Å². The van der Waals surface area contributed by atoms with E-state index in [9.17, 15) is 29.8 Å². The van der Waals surface area contributed by atoms with E-state index in [1.807, 2.05) is 24.3 Å². The highest BCUT2D eigenvalue weighted by Crippen LogP contribution is 2.32. The lowest BCUT2D eigenvalue weighted by molar-refractivity contribution is 0.616. The molecular formula is C24H6F2N4O2. The van der Waals surface area contributed by atoms with Crippen molar-refractivity contribution in [3.8, 4) is 24.3 Å². The van der Waals surface area contributed by atoms with Crippen LogP contribution in [0, 0.1) is 57.0 Å². The van der Waals surface area contributed by atoms with Crippen LogP contribution in [-0.4, -0.2) is 0 Å². The Labute approximate surface area is 176 Å². The molecular weight excluding hydrogens is 414 g/mol. The van der Waals surface area contributed by atoms with Crippen LogP contribution in [0.25, 0.3) is 55.0 Å². The standard InChI is InChI=1S/C24H6F2N4O2/c25-13-1-3-15-17(5-13)31-23-20(12(9-29)10-30)22-16-4-2-14(26)6-18(16)32-24(22)19(21(15)23)11(7-27)8-28/h1-6H. The Hall–Kier alpha value is -5.18. The summed E-state index contributed by atoms with van der Waals surface area (Å²) in [5.74, 6) is -1.17. The predicted octanol–water partition coefficient (Wildman–Crippen LogP) is 4.16. The lowest BCUT2D eigenvalue weighted by Crippen LogP contribution is -2.16. The van der Waals surface area contributed by atoms with E-state index in [0.717, 1.165) is 12.1 Å². The molecule has 8 heteroatoms. The molecule has 0 saturated carbocycles. The molecule has 0 spiro atoms. The summed E-state index contributed by atoms with van der Waals surface area (Å²) in [5.41, 5.74) is -0.434. The summed E-state index contributed by atoms with van der Waals surface area (Å²) in [6.45, 7) is 0. The minimum atomic E-state index is -0.584. The van der Waals surface area contributed by atoms with E-state index < -0.39 is 11.6 Å². The number of benzene rings is 3. The minimum absolute atomic E-state index is 0.0150. The molecule has 0 amide bonds. The van der Waals surface area contributed by atoms with Gasteiger partial charge in [0.2, 0.25) is 0 Å². The average molecular weight is 420 g/mol. The fourth-order valence-corrected chi connectivity index (χ4v) is 3.97. The van der Waals surface area contributed by atoms with Crippen LogP contribution in [0.3, 0.4) is 0 Å². The molecule has 0 aliphatic carbocycles. The van der Waals surface area contributed by atoms with Gasteiger partial charge in [-0.25, -0.2) is 8.78 Å². The van der Waals surface area contributed by atoms with Crippen molar-refractivity contribution in [2.24, 2.45) is 0 Å². The van der Waals surface area contributed by atoms with Crippen molar-refractivity contribution in [2.45, 2.75) is 0 Å². The van der Waals surface area contributed by atoms with Gasteiger partial charge in [0.25, 0.3) is 0 Å². The van der Waals surface area contributed by atoms with E-state index in [-0.39, 0.29) is 54.7 Å². The SMILES string of the molecule is N#CC(C#N)=c1c2oc3cc(F)ccc3c2c(=C(C#N)C#N)c2oc3cc(F)ccc3c12. The number of halogens is 2. The Balaban J connectivity index is 2.35. The van der Waals surface area contributed by atoms with Crippen LogP contribution in [0.15, 0.2) is 45.2 Å². The van der Waals surface area contributed by atoms with Gasteiger partial charge in [-0.05, 0) is 24.3 Å². The smallest absolute Gasteiger partial charge is 0.146 e. The van der Waals surface area contributed by atoms with Crippen molar-refractivity contribution in [2.75, 3.05) is 0 Å². The lowest BCUT2D eigenvalue weighted by atomic mass is 9.99. The van der Waals surface area contributed by atoms with Crippen LogP contribution in [0.2, 0.25) is 0 Å². The van der Waals surface area contributed by atoms with Gasteiger partial charge >= 0.3 is 0 Å². The summed E-state index contributed by atoms with van der Waals surface area (Å²) >= 11 is 0. The molecule has 0 atom stereocenters. The zero-order valence-electron chi connectivity index (χ0n) is 15.8. The summed E-state index contributed by atoms with van der Waals surface area (Å²) in [7, 11) is 0. The zero-order valence-corrected chi connectivity index (χ0v) is 15.8. The highest BCUT2D eigenvalue weighted by atomic mass is 19.1. The third-order valence-electron chi connectivity index (χ3n) is 5.21. The van der Waals surface area contributed by atoms with Gasteiger partial charge in [-0.1, -0.05) is 0 Å². The van der Waals surface area contributed by atoms with Crippen molar-refractivity contribution in [1.29, 1.82) is 21.0 Å². The Bertz CT molecular complexity index is 1780. The van der Waals surface area contributed by atoms with Crippen LogP contribution in [0.5, 0.6) is 0 Å². The number of nitrogens with zero attached hydrogens (tertiary/aromatic N) is 4. The number of nitriles is 4. The Kier molecular flexibility index (Phi) is 3.93. The van der Waals surface area contributed by atoms with E-state index in [2.05, 4.69) is 0 Å². The van der Waals surface area contributed by atoms with Gasteiger partial charge in [-0.2, -0.15) is 21.0 Å². The molecule has 3 aromatic carbocycles. The van der Waals surface area contributed by atoms with Gasteiger partial charge in [0.1, 0.15) is 69.4 Å². The molecule has 0 unspecified atom stereocenters. The maximum absolute atomic E-state index is 13.9. The normalized spacial score (nSPS) is 10.7. The van der Waals surface area contributed by atoms with Crippen LogP contribution in [-0.2, 0) is 0 Å². The molecule has 0 saturated heterocycles. The van der Waals surface area contributed by atoms with Crippen LogP contribution in [0.4, 0.5) is 8.78 Å². The van der Waals surface area contributed by atoms with Gasteiger partial charge < -0.3 is 8.83 Å². The second-order valence-electron chi connectivity index (χ2n) is 6.84. The molecule has 0 N–H and O–H groups in total. The molecule has 0 radical (unpaired) electrons. The third kappa shape index (κ3) is 2.39. The summed E-state index contributed by atoms with van der Waals surface area (Å²) in [6, 6.07) is 14.7. The van der Waals surface area contributed by atoms with Gasteiger partial charge in [0, 0.05) is 33.7 Å². The minimum Gasteiger partial charge on any atom is -0.455 e. The van der Waals surface area contributed by atoms with Crippen LogP contribution in [0.1, 0.15) is 0 Å². The molecule has 5 rings (SSSR count). The molecule has 5 aromatic rings. The number of rotatable bonds is 0. The molecule has 148 valence electrons. The fraction of sp³-hybridized carbons (Fsp3) is 0. The first kappa shape index (κ1) is 18.8. The maximum Gasteiger partial charge on any atom is 0.146 e. The van der Waals surface area contributed by atoms with Crippen molar-refractivity contribution < 1.29 is 17.6 Å². The van der Waals surface area contributed by atoms with Crippen LogP contribution >= 0.6 is 0 Å². The van der Waals surface area contributed by atoms with Crippen LogP contribution < -0.4 is 10.4 Å². The van der Waals surface area contributed by atoms with Gasteiger partial charge in [0.15, 0.2) is 0 Å². The second kappa shape index (κ2) is 6.67. The van der Waals surface area contributed by atoms with Crippen molar-refractivity contribution in [3.05, 3.63) is 58.5 Å². The Morgan fingerprint density at radius 2 is 1.00 bits per heavy atom. The molecule has 2 aromatic heterocycles. The van der Waals surface area contributed by atoms with Gasteiger partial charge in [-0.15, -0.1) is 0 Å². The second-order valence-corrected chi connectivity index (χ2v) is 6.84. The van der Waals surface area contributed by atoms with Crippen molar-refractivity contribution >= 4 is 55.0 Å². The first-order valence-electron chi connectivity index (χ1n) is 9.06. The quantitative estimate of drug-likeness (QED) is 0.371. The molecule has 6 nitrogen and oxygen atoms in total. The van der Waals surface area contributed by atoms with Gasteiger partial charge in [-0.3, -0.25) is 0 Å². The molecule has 0 aliphatic rings. The predicted molar refractivity (Wildman–Crippen MR) is 109 cm³/mol. The first-order chi connectivity index (χ1) is 15.5. The molecule has 0 bridgehead atoms. The van der Waals surface area contributed by atoms with E-state index in [4.69, 9.17) is 8.83 Å². The van der Waals surface area contributed by atoms with Crippen molar-refractivity contribution in [3.63, 3.8) is 0 Å². The van der Waals surface area contributed by atoms with E-state index in [0.29, 0.717) is 10.8 Å². The highest BCUT2D eigenvalue weighted by Gasteiger charge is 2.23. The first-order valence-corrected chi connectivity index (χ1v) is 9.06. The number of furan rings is 2. The van der Waals surface area contributed by atoms with E-state index >= 15 is 0 Å². The lowest BCUT2D eigenvalue weighted by Gasteiger charge is -1.99. The number of hydrogen-bond acceptors (Lipinski definition) is 6. The molecule has 2 heterocycles. The zero-order chi connectivity index (χ0) is 22.6. The van der Waals surface area contributed by atoms with Crippen molar-refractivity contribution in [1.82, 2.24) is 0 Å².